The van der Waals surface area contributed by atoms with E-state index in [1.807, 2.05) is 12.1 Å². The Morgan fingerprint density at radius 3 is 2.70 bits per heavy atom. The van der Waals surface area contributed by atoms with E-state index in [1.165, 1.54) is 6.33 Å². The van der Waals surface area contributed by atoms with Crippen molar-refractivity contribution in [2.45, 2.75) is 12.8 Å². The average Bonchev–Trinajstić information content (AvgIpc) is 3.09. The third kappa shape index (κ3) is 3.59. The summed E-state index contributed by atoms with van der Waals surface area (Å²) >= 11 is 5.78. The molecule has 4 aromatic rings. The van der Waals surface area contributed by atoms with Crippen LogP contribution in [0.3, 0.4) is 0 Å². The van der Waals surface area contributed by atoms with E-state index in [9.17, 15) is 4.39 Å². The zero-order chi connectivity index (χ0) is 18.8. The Morgan fingerprint density at radius 2 is 1.96 bits per heavy atom. The number of nitrogens with zero attached hydrogens (tertiary/aromatic N) is 4. The molecule has 1 N–H and O–H groups in total. The first-order valence-corrected chi connectivity index (χ1v) is 8.61. The second kappa shape index (κ2) is 7.28. The first kappa shape index (κ1) is 17.4. The lowest BCUT2D eigenvalue weighted by Gasteiger charge is -2.06. The monoisotopic (exact) mass is 383 g/mol. The molecule has 0 amide bonds. The molecule has 0 fully saturated rings. The number of nitrogens with one attached hydrogen (secondary N) is 1. The second-order valence-electron chi connectivity index (χ2n) is 6.02. The van der Waals surface area contributed by atoms with Crippen LogP contribution in [0.25, 0.3) is 11.0 Å². The van der Waals surface area contributed by atoms with Crippen molar-refractivity contribution in [1.29, 1.82) is 0 Å². The highest BCUT2D eigenvalue weighted by molar-refractivity contribution is 6.29. The summed E-state index contributed by atoms with van der Waals surface area (Å²) in [6, 6.07) is 7.11. The fourth-order valence-corrected chi connectivity index (χ4v) is 3.06. The Balaban J connectivity index is 1.59. The molecule has 0 aliphatic heterocycles. The maximum absolute atomic E-state index is 14.6. The van der Waals surface area contributed by atoms with Gasteiger partial charge < -0.3 is 9.72 Å². The van der Waals surface area contributed by atoms with Crippen molar-refractivity contribution in [3.8, 4) is 5.88 Å². The van der Waals surface area contributed by atoms with Gasteiger partial charge in [0.25, 0.3) is 0 Å². The summed E-state index contributed by atoms with van der Waals surface area (Å²) in [5.41, 5.74) is 3.52. The van der Waals surface area contributed by atoms with E-state index in [2.05, 4.69) is 24.9 Å². The van der Waals surface area contributed by atoms with Crippen LogP contribution >= 0.6 is 11.6 Å². The number of rotatable bonds is 5. The molecule has 0 atom stereocenters. The molecule has 6 nitrogen and oxygen atoms in total. The van der Waals surface area contributed by atoms with Crippen LogP contribution in [0.1, 0.15) is 22.4 Å². The topological polar surface area (TPSA) is 76.6 Å². The van der Waals surface area contributed by atoms with E-state index in [-0.39, 0.29) is 0 Å². The lowest BCUT2D eigenvalue weighted by Crippen LogP contribution is -2.01. The molecule has 0 aliphatic carbocycles. The van der Waals surface area contributed by atoms with E-state index >= 15 is 0 Å². The first-order chi connectivity index (χ1) is 13.1. The van der Waals surface area contributed by atoms with E-state index in [1.54, 1.807) is 31.6 Å². The molecule has 0 saturated carbocycles. The van der Waals surface area contributed by atoms with E-state index < -0.39 is 5.95 Å². The van der Waals surface area contributed by atoms with Crippen LogP contribution in [0.2, 0.25) is 5.15 Å². The minimum absolute atomic E-state index is 0.353. The largest absolute Gasteiger partial charge is 0.480 e. The van der Waals surface area contributed by atoms with Crippen LogP contribution in [0.5, 0.6) is 5.88 Å². The number of hydrogen-bond acceptors (Lipinski definition) is 5. The minimum Gasteiger partial charge on any atom is -0.480 e. The quantitative estimate of drug-likeness (QED) is 0.531. The van der Waals surface area contributed by atoms with E-state index in [0.29, 0.717) is 40.8 Å². The Labute approximate surface area is 159 Å². The number of H-pyrrole nitrogens is 1. The number of methoxy groups -OCH3 is 1. The molecular weight excluding hydrogens is 369 g/mol. The highest BCUT2D eigenvalue weighted by Gasteiger charge is 2.14. The highest BCUT2D eigenvalue weighted by Crippen LogP contribution is 2.27. The van der Waals surface area contributed by atoms with Crippen molar-refractivity contribution < 1.29 is 9.13 Å². The van der Waals surface area contributed by atoms with Crippen molar-refractivity contribution in [2.24, 2.45) is 0 Å². The predicted octanol–water partition coefficient (Wildman–Crippen LogP) is 3.73. The average molecular weight is 384 g/mol. The summed E-state index contributed by atoms with van der Waals surface area (Å²) in [5.74, 6) is -0.0453. The molecule has 0 radical (unpaired) electrons. The van der Waals surface area contributed by atoms with Gasteiger partial charge in [-0.25, -0.2) is 19.9 Å². The Kier molecular flexibility index (Phi) is 4.68. The molecular formula is C19H15ClFN5O. The molecule has 4 rings (SSSR count). The Bertz CT molecular complexity index is 1100. The van der Waals surface area contributed by atoms with Gasteiger partial charge in [-0.2, -0.15) is 4.39 Å². The molecule has 0 bridgehead atoms. The van der Waals surface area contributed by atoms with Gasteiger partial charge in [0.15, 0.2) is 0 Å². The molecule has 0 unspecified atom stereocenters. The van der Waals surface area contributed by atoms with Gasteiger partial charge in [-0.3, -0.25) is 0 Å². The van der Waals surface area contributed by atoms with Gasteiger partial charge in [-0.1, -0.05) is 23.7 Å². The minimum atomic E-state index is -0.500. The van der Waals surface area contributed by atoms with Gasteiger partial charge in [0.1, 0.15) is 17.1 Å². The van der Waals surface area contributed by atoms with Gasteiger partial charge in [0.05, 0.1) is 12.5 Å². The summed E-state index contributed by atoms with van der Waals surface area (Å²) in [6.07, 6.45) is 5.70. The van der Waals surface area contributed by atoms with Crippen LogP contribution < -0.4 is 4.74 Å². The number of hydrogen-bond donors (Lipinski definition) is 1. The molecule has 8 heteroatoms. The third-order valence-corrected chi connectivity index (χ3v) is 4.47. The van der Waals surface area contributed by atoms with Crippen LogP contribution in [0, 0.1) is 5.95 Å². The smallest absolute Gasteiger partial charge is 0.226 e. The molecule has 0 aliphatic rings. The number of pyridine rings is 2. The summed E-state index contributed by atoms with van der Waals surface area (Å²) in [7, 11) is 1.54. The summed E-state index contributed by atoms with van der Waals surface area (Å²) in [5, 5.41) is 1.17. The van der Waals surface area contributed by atoms with Crippen molar-refractivity contribution in [3.05, 3.63) is 76.5 Å². The van der Waals surface area contributed by atoms with Gasteiger partial charge in [-0.05, 0) is 23.3 Å². The normalized spacial score (nSPS) is 11.1. The van der Waals surface area contributed by atoms with E-state index in [4.69, 9.17) is 16.3 Å². The maximum Gasteiger partial charge on any atom is 0.226 e. The SMILES string of the molecule is COc1ncnc2[nH]cc(Cc3ccc(Cc4ccc(Cl)nc4)nc3F)c12. The highest BCUT2D eigenvalue weighted by atomic mass is 35.5. The predicted molar refractivity (Wildman–Crippen MR) is 99.5 cm³/mol. The van der Waals surface area contributed by atoms with Gasteiger partial charge in [0, 0.05) is 36.5 Å². The molecule has 27 heavy (non-hydrogen) atoms. The molecule has 4 heterocycles. The summed E-state index contributed by atoms with van der Waals surface area (Å²) < 4.78 is 19.9. The standard InChI is InChI=1S/C19H15ClFN5O/c1-27-19-16-13(9-23-18(16)24-10-25-19)7-12-3-4-14(26-17(12)21)6-11-2-5-15(20)22-8-11/h2-5,8-10H,6-7H2,1H3,(H,23,24,25). The van der Waals surface area contributed by atoms with Crippen LogP contribution in [0.15, 0.2) is 43.0 Å². The molecule has 4 aromatic heterocycles. The lowest BCUT2D eigenvalue weighted by molar-refractivity contribution is 0.402. The van der Waals surface area contributed by atoms with Gasteiger partial charge in [-0.15, -0.1) is 0 Å². The number of aromatic nitrogens is 5. The Morgan fingerprint density at radius 1 is 1.07 bits per heavy atom. The number of ether oxygens (including phenoxy) is 1. The molecule has 0 saturated heterocycles. The van der Waals surface area contributed by atoms with Gasteiger partial charge in [0.2, 0.25) is 11.8 Å². The summed E-state index contributed by atoms with van der Waals surface area (Å²) in [4.78, 5) is 19.5. The Hall–Kier alpha value is -3.06. The first-order valence-electron chi connectivity index (χ1n) is 8.23. The van der Waals surface area contributed by atoms with E-state index in [0.717, 1.165) is 16.5 Å². The van der Waals surface area contributed by atoms with Crippen molar-refractivity contribution in [2.75, 3.05) is 7.11 Å². The zero-order valence-corrected chi connectivity index (χ0v) is 15.2. The second-order valence-corrected chi connectivity index (χ2v) is 6.40. The summed E-state index contributed by atoms with van der Waals surface area (Å²) in [6.45, 7) is 0. The zero-order valence-electron chi connectivity index (χ0n) is 14.4. The molecule has 0 aromatic carbocycles. The van der Waals surface area contributed by atoms with Crippen molar-refractivity contribution in [3.63, 3.8) is 0 Å². The van der Waals surface area contributed by atoms with Crippen LogP contribution in [-0.4, -0.2) is 32.0 Å². The van der Waals surface area contributed by atoms with Crippen molar-refractivity contribution >= 4 is 22.6 Å². The fraction of sp³-hybridized carbons (Fsp3) is 0.158. The number of fused-ring (bicyclic) bond motifs is 1. The van der Waals surface area contributed by atoms with Crippen LogP contribution in [-0.2, 0) is 12.8 Å². The van der Waals surface area contributed by atoms with Crippen molar-refractivity contribution in [1.82, 2.24) is 24.9 Å². The van der Waals surface area contributed by atoms with Gasteiger partial charge >= 0.3 is 0 Å². The molecule has 0 spiro atoms. The van der Waals surface area contributed by atoms with Crippen LogP contribution in [0.4, 0.5) is 4.39 Å². The number of halogens is 2. The lowest BCUT2D eigenvalue weighted by atomic mass is 10.1. The number of aromatic amines is 1. The maximum atomic E-state index is 14.6. The molecule has 136 valence electrons. The fourth-order valence-electron chi connectivity index (χ4n) is 2.95. The third-order valence-electron chi connectivity index (χ3n) is 4.25.